The van der Waals surface area contributed by atoms with E-state index in [0.717, 1.165) is 12.8 Å². The summed E-state index contributed by atoms with van der Waals surface area (Å²) in [4.78, 5) is 11.2. The third-order valence-corrected chi connectivity index (χ3v) is 3.31. The normalized spacial score (nSPS) is 24.1. The Morgan fingerprint density at radius 2 is 2.16 bits per heavy atom. The van der Waals surface area contributed by atoms with E-state index in [1.54, 1.807) is 0 Å². The van der Waals surface area contributed by atoms with Crippen LogP contribution in [0.4, 0.5) is 0 Å². The Bertz CT molecular complexity index is 450. The number of hydrogen-bond acceptors (Lipinski definition) is 3. The van der Waals surface area contributed by atoms with Crippen LogP contribution in [-0.2, 0) is 9.53 Å². The molecule has 102 valence electrons. The van der Waals surface area contributed by atoms with Crippen LogP contribution in [-0.4, -0.2) is 23.3 Å². The van der Waals surface area contributed by atoms with Gasteiger partial charge in [-0.2, -0.15) is 0 Å². The molecule has 1 aromatic carbocycles. The number of ether oxygens (including phenoxy) is 1. The van der Waals surface area contributed by atoms with Crippen molar-refractivity contribution in [2.24, 2.45) is 0 Å². The summed E-state index contributed by atoms with van der Waals surface area (Å²) in [5.74, 6) is -0.284. The highest BCUT2D eigenvalue weighted by atomic mass is 16.5. The molecule has 1 aromatic rings. The third-order valence-electron chi connectivity index (χ3n) is 3.31. The van der Waals surface area contributed by atoms with Crippen LogP contribution in [0.1, 0.15) is 38.2 Å². The van der Waals surface area contributed by atoms with Crippen LogP contribution in [0.25, 0.3) is 6.08 Å². The van der Waals surface area contributed by atoms with Crippen molar-refractivity contribution in [2.75, 3.05) is 0 Å². The number of esters is 1. The molecular formula is C16H20O3. The smallest absolute Gasteiger partial charge is 0.308 e. The van der Waals surface area contributed by atoms with Gasteiger partial charge in [-0.15, -0.1) is 0 Å². The summed E-state index contributed by atoms with van der Waals surface area (Å²) in [6.45, 7) is 2.08. The molecule has 0 bridgehead atoms. The van der Waals surface area contributed by atoms with Crippen LogP contribution in [0.2, 0.25) is 0 Å². The number of carbonyl (C=O) groups is 1. The first kappa shape index (κ1) is 13.8. The Kier molecular flexibility index (Phi) is 4.74. The molecule has 0 saturated carbocycles. The Labute approximate surface area is 113 Å². The molecule has 2 atom stereocenters. The lowest BCUT2D eigenvalue weighted by Gasteiger charge is -2.25. The van der Waals surface area contributed by atoms with E-state index in [1.165, 1.54) is 11.1 Å². The highest BCUT2D eigenvalue weighted by molar-refractivity contribution is 5.70. The van der Waals surface area contributed by atoms with E-state index in [-0.39, 0.29) is 18.5 Å². The zero-order valence-electron chi connectivity index (χ0n) is 11.2. The average Bonchev–Trinajstić information content (AvgIpc) is 2.36. The van der Waals surface area contributed by atoms with Crippen molar-refractivity contribution in [3.05, 3.63) is 41.5 Å². The van der Waals surface area contributed by atoms with E-state index < -0.39 is 6.10 Å². The third kappa shape index (κ3) is 4.52. The Balaban J connectivity index is 1.85. The number of hydrogen-bond donors (Lipinski definition) is 1. The summed E-state index contributed by atoms with van der Waals surface area (Å²) in [5, 5.41) is 9.53. The minimum atomic E-state index is -0.537. The summed E-state index contributed by atoms with van der Waals surface area (Å²) < 4.78 is 5.23. The Morgan fingerprint density at radius 1 is 1.42 bits per heavy atom. The average molecular weight is 260 g/mol. The summed E-state index contributed by atoms with van der Waals surface area (Å²) in [5.41, 5.74) is 2.43. The van der Waals surface area contributed by atoms with Crippen molar-refractivity contribution in [1.29, 1.82) is 0 Å². The van der Waals surface area contributed by atoms with Crippen molar-refractivity contribution in [3.8, 4) is 0 Å². The number of rotatable bonds is 4. The van der Waals surface area contributed by atoms with E-state index in [2.05, 4.69) is 25.1 Å². The maximum atomic E-state index is 11.2. The second kappa shape index (κ2) is 6.53. The zero-order chi connectivity index (χ0) is 13.7. The van der Waals surface area contributed by atoms with Crippen molar-refractivity contribution in [2.45, 2.75) is 44.8 Å². The highest BCUT2D eigenvalue weighted by Crippen LogP contribution is 2.21. The van der Waals surface area contributed by atoms with Gasteiger partial charge >= 0.3 is 5.97 Å². The first-order chi connectivity index (χ1) is 9.13. The van der Waals surface area contributed by atoms with Crippen LogP contribution in [0, 0.1) is 0 Å². The fraction of sp³-hybridized carbons (Fsp3) is 0.438. The molecule has 1 aliphatic rings. The van der Waals surface area contributed by atoms with E-state index in [4.69, 9.17) is 4.74 Å². The van der Waals surface area contributed by atoms with E-state index in [9.17, 15) is 9.90 Å². The van der Waals surface area contributed by atoms with Crippen LogP contribution < -0.4 is 0 Å². The molecule has 1 N–H and O–H groups in total. The van der Waals surface area contributed by atoms with Crippen LogP contribution >= 0.6 is 0 Å². The SMILES string of the molecule is C/C(=C\c1ccccc1)CC[C@H]1C[C@@H](O)CC(=O)O1. The van der Waals surface area contributed by atoms with Gasteiger partial charge in [-0.25, -0.2) is 0 Å². The summed E-state index contributed by atoms with van der Waals surface area (Å²) >= 11 is 0. The molecule has 19 heavy (non-hydrogen) atoms. The molecule has 0 amide bonds. The molecule has 1 heterocycles. The van der Waals surface area contributed by atoms with Crippen molar-refractivity contribution >= 4 is 12.0 Å². The van der Waals surface area contributed by atoms with Gasteiger partial charge in [0, 0.05) is 6.42 Å². The van der Waals surface area contributed by atoms with E-state index in [0.29, 0.717) is 6.42 Å². The zero-order valence-corrected chi connectivity index (χ0v) is 11.2. The van der Waals surface area contributed by atoms with Gasteiger partial charge in [0.1, 0.15) is 6.10 Å². The van der Waals surface area contributed by atoms with Gasteiger partial charge in [0.15, 0.2) is 0 Å². The number of aliphatic hydroxyl groups is 1. The molecular weight excluding hydrogens is 240 g/mol. The topological polar surface area (TPSA) is 46.5 Å². The molecule has 1 fully saturated rings. The molecule has 1 aliphatic heterocycles. The van der Waals surface area contributed by atoms with Gasteiger partial charge < -0.3 is 9.84 Å². The van der Waals surface area contributed by atoms with Crippen LogP contribution in [0.3, 0.4) is 0 Å². The Hall–Kier alpha value is -1.61. The minimum absolute atomic E-state index is 0.134. The predicted molar refractivity (Wildman–Crippen MR) is 74.4 cm³/mol. The molecule has 3 nitrogen and oxygen atoms in total. The molecule has 0 spiro atoms. The van der Waals surface area contributed by atoms with Gasteiger partial charge in [0.05, 0.1) is 12.5 Å². The van der Waals surface area contributed by atoms with Gasteiger partial charge in [-0.3, -0.25) is 4.79 Å². The predicted octanol–water partition coefficient (Wildman–Crippen LogP) is 2.94. The first-order valence-corrected chi connectivity index (χ1v) is 6.73. The number of allylic oxidation sites excluding steroid dienone is 1. The van der Waals surface area contributed by atoms with Gasteiger partial charge in [0.2, 0.25) is 0 Å². The van der Waals surface area contributed by atoms with Crippen molar-refractivity contribution in [3.63, 3.8) is 0 Å². The van der Waals surface area contributed by atoms with Crippen molar-refractivity contribution in [1.82, 2.24) is 0 Å². The monoisotopic (exact) mass is 260 g/mol. The molecule has 3 heteroatoms. The van der Waals surface area contributed by atoms with Crippen LogP contribution in [0.5, 0.6) is 0 Å². The van der Waals surface area contributed by atoms with E-state index in [1.807, 2.05) is 18.2 Å². The quantitative estimate of drug-likeness (QED) is 0.847. The maximum absolute atomic E-state index is 11.2. The highest BCUT2D eigenvalue weighted by Gasteiger charge is 2.26. The van der Waals surface area contributed by atoms with Gasteiger partial charge in [-0.05, 0) is 25.3 Å². The second-order valence-corrected chi connectivity index (χ2v) is 5.15. The summed E-state index contributed by atoms with van der Waals surface area (Å²) in [6.07, 6.45) is 3.80. The number of cyclic esters (lactones) is 1. The number of benzene rings is 1. The molecule has 2 rings (SSSR count). The standard InChI is InChI=1S/C16H20O3/c1-12(9-13-5-3-2-4-6-13)7-8-15-10-14(17)11-16(18)19-15/h2-6,9,14-15,17H,7-8,10-11H2,1H3/b12-9+/t14-,15+/m1/s1. The summed E-state index contributed by atoms with van der Waals surface area (Å²) in [7, 11) is 0. The fourth-order valence-electron chi connectivity index (χ4n) is 2.33. The largest absolute Gasteiger partial charge is 0.462 e. The molecule has 1 saturated heterocycles. The Morgan fingerprint density at radius 3 is 2.84 bits per heavy atom. The number of aliphatic hydroxyl groups excluding tert-OH is 1. The molecule has 0 radical (unpaired) electrons. The molecule has 0 aliphatic carbocycles. The first-order valence-electron chi connectivity index (χ1n) is 6.73. The molecule has 0 unspecified atom stereocenters. The van der Waals surface area contributed by atoms with Crippen LogP contribution in [0.15, 0.2) is 35.9 Å². The van der Waals surface area contributed by atoms with Crippen molar-refractivity contribution < 1.29 is 14.6 Å². The fourth-order valence-corrected chi connectivity index (χ4v) is 2.33. The van der Waals surface area contributed by atoms with Gasteiger partial charge in [-0.1, -0.05) is 42.0 Å². The summed E-state index contributed by atoms with van der Waals surface area (Å²) in [6, 6.07) is 10.1. The minimum Gasteiger partial charge on any atom is -0.462 e. The maximum Gasteiger partial charge on any atom is 0.308 e. The molecule has 0 aromatic heterocycles. The van der Waals surface area contributed by atoms with Gasteiger partial charge in [0.25, 0.3) is 0 Å². The van der Waals surface area contributed by atoms with E-state index >= 15 is 0 Å². The second-order valence-electron chi connectivity index (χ2n) is 5.15. The lowest BCUT2D eigenvalue weighted by molar-refractivity contribution is -0.160. The lowest BCUT2D eigenvalue weighted by Crippen LogP contribution is -2.32. The number of carbonyl (C=O) groups excluding carboxylic acids is 1. The lowest BCUT2D eigenvalue weighted by atomic mass is 9.99.